The van der Waals surface area contributed by atoms with Gasteiger partial charge >= 0.3 is 0 Å². The van der Waals surface area contributed by atoms with Crippen LogP contribution in [0.3, 0.4) is 0 Å². The first-order valence-corrected chi connectivity index (χ1v) is 6.57. The zero-order chi connectivity index (χ0) is 9.54. The van der Waals surface area contributed by atoms with E-state index in [1.54, 1.807) is 22.7 Å². The van der Waals surface area contributed by atoms with Crippen molar-refractivity contribution in [3.05, 3.63) is 21.3 Å². The van der Waals surface area contributed by atoms with Crippen molar-refractivity contribution in [1.29, 1.82) is 0 Å². The summed E-state index contributed by atoms with van der Waals surface area (Å²) >= 11 is 5.45. The second kappa shape index (κ2) is 3.28. The molecule has 0 aliphatic heterocycles. The normalized spacial score (nSPS) is 11.2. The SMILES string of the molecule is Ic1noc(-c2cc3sccc3s2)n1. The van der Waals surface area contributed by atoms with Crippen molar-refractivity contribution in [3.63, 3.8) is 0 Å². The van der Waals surface area contributed by atoms with Gasteiger partial charge in [-0.1, -0.05) is 5.16 Å². The van der Waals surface area contributed by atoms with E-state index in [9.17, 15) is 0 Å². The molecular weight excluding hydrogens is 331 g/mol. The van der Waals surface area contributed by atoms with E-state index in [4.69, 9.17) is 4.52 Å². The zero-order valence-electron chi connectivity index (χ0n) is 6.73. The molecule has 0 bridgehead atoms. The van der Waals surface area contributed by atoms with Gasteiger partial charge in [0.25, 0.3) is 5.89 Å². The molecule has 3 aromatic heterocycles. The molecule has 0 amide bonds. The quantitative estimate of drug-likeness (QED) is 0.638. The molecule has 0 aliphatic rings. The van der Waals surface area contributed by atoms with Gasteiger partial charge in [-0.15, -0.1) is 22.7 Å². The Morgan fingerprint density at radius 2 is 2.29 bits per heavy atom. The van der Waals surface area contributed by atoms with E-state index in [0.717, 1.165) is 4.88 Å². The van der Waals surface area contributed by atoms with Gasteiger partial charge in [-0.2, -0.15) is 4.98 Å². The molecular formula is C8H3IN2OS2. The van der Waals surface area contributed by atoms with E-state index < -0.39 is 0 Å². The van der Waals surface area contributed by atoms with Crippen LogP contribution in [0.15, 0.2) is 22.0 Å². The van der Waals surface area contributed by atoms with E-state index in [0.29, 0.717) is 9.72 Å². The standard InChI is InChI=1S/C8H3IN2OS2/c9-8-10-7(12-11-8)6-3-5-4(14-6)1-2-13-5/h1-3H. The third-order valence-electron chi connectivity index (χ3n) is 1.75. The summed E-state index contributed by atoms with van der Waals surface area (Å²) in [5.74, 6) is 0.614. The highest BCUT2D eigenvalue weighted by Crippen LogP contribution is 2.35. The first-order chi connectivity index (χ1) is 6.83. The van der Waals surface area contributed by atoms with Crippen molar-refractivity contribution in [2.24, 2.45) is 0 Å². The maximum absolute atomic E-state index is 5.10. The summed E-state index contributed by atoms with van der Waals surface area (Å²) in [5, 5.41) is 5.84. The van der Waals surface area contributed by atoms with E-state index in [1.807, 2.05) is 22.6 Å². The van der Waals surface area contributed by atoms with Crippen LogP contribution in [-0.2, 0) is 0 Å². The van der Waals surface area contributed by atoms with Gasteiger partial charge in [-0.25, -0.2) is 0 Å². The number of hydrogen-bond acceptors (Lipinski definition) is 5. The maximum atomic E-state index is 5.10. The van der Waals surface area contributed by atoms with Crippen molar-refractivity contribution in [3.8, 4) is 10.8 Å². The average molecular weight is 334 g/mol. The molecule has 0 aromatic carbocycles. The van der Waals surface area contributed by atoms with Crippen LogP contribution >= 0.6 is 45.3 Å². The molecule has 70 valence electrons. The third-order valence-corrected chi connectivity index (χ3v) is 4.27. The van der Waals surface area contributed by atoms with Gasteiger partial charge in [0.15, 0.2) is 0 Å². The summed E-state index contributed by atoms with van der Waals surface area (Å²) in [5.41, 5.74) is 0. The Morgan fingerprint density at radius 3 is 3.00 bits per heavy atom. The molecule has 3 aromatic rings. The lowest BCUT2D eigenvalue weighted by atomic mass is 10.4. The number of nitrogens with zero attached hydrogens (tertiary/aromatic N) is 2. The second-order valence-electron chi connectivity index (χ2n) is 2.63. The Hall–Kier alpha value is -0.470. The molecule has 0 saturated carbocycles. The number of aromatic nitrogens is 2. The van der Waals surface area contributed by atoms with Crippen molar-refractivity contribution >= 4 is 54.7 Å². The molecule has 14 heavy (non-hydrogen) atoms. The van der Waals surface area contributed by atoms with Crippen LogP contribution in [0.1, 0.15) is 0 Å². The summed E-state index contributed by atoms with van der Waals surface area (Å²) in [7, 11) is 0. The minimum atomic E-state index is 0.614. The number of rotatable bonds is 1. The van der Waals surface area contributed by atoms with Crippen LogP contribution < -0.4 is 0 Å². The predicted molar refractivity (Wildman–Crippen MR) is 65.7 cm³/mol. The van der Waals surface area contributed by atoms with Gasteiger partial charge in [0.2, 0.25) is 3.83 Å². The minimum Gasteiger partial charge on any atom is -0.332 e. The molecule has 0 spiro atoms. The monoisotopic (exact) mass is 334 g/mol. The lowest BCUT2D eigenvalue weighted by molar-refractivity contribution is 0.427. The highest BCUT2D eigenvalue weighted by atomic mass is 127. The summed E-state index contributed by atoms with van der Waals surface area (Å²) in [6.07, 6.45) is 0. The fourth-order valence-electron chi connectivity index (χ4n) is 1.18. The lowest BCUT2D eigenvalue weighted by Crippen LogP contribution is -1.71. The fourth-order valence-corrected chi connectivity index (χ4v) is 3.52. The zero-order valence-corrected chi connectivity index (χ0v) is 10.5. The van der Waals surface area contributed by atoms with E-state index in [-0.39, 0.29) is 0 Å². The molecule has 0 saturated heterocycles. The van der Waals surface area contributed by atoms with Crippen molar-refractivity contribution < 1.29 is 4.52 Å². The maximum Gasteiger partial charge on any atom is 0.268 e. The molecule has 0 N–H and O–H groups in total. The summed E-state index contributed by atoms with van der Waals surface area (Å²) < 4.78 is 8.30. The minimum absolute atomic E-state index is 0.614. The highest BCUT2D eigenvalue weighted by molar-refractivity contribution is 14.1. The van der Waals surface area contributed by atoms with Crippen LogP contribution in [-0.4, -0.2) is 10.1 Å². The average Bonchev–Trinajstić information content (AvgIpc) is 2.75. The Morgan fingerprint density at radius 1 is 1.36 bits per heavy atom. The molecule has 6 heteroatoms. The van der Waals surface area contributed by atoms with Gasteiger partial charge in [0.05, 0.1) is 4.88 Å². The molecule has 3 heterocycles. The summed E-state index contributed by atoms with van der Waals surface area (Å²) in [4.78, 5) is 5.22. The molecule has 0 fully saturated rings. The first-order valence-electron chi connectivity index (χ1n) is 3.79. The molecule has 0 aliphatic carbocycles. The van der Waals surface area contributed by atoms with E-state index in [2.05, 4.69) is 27.7 Å². The third kappa shape index (κ3) is 1.37. The van der Waals surface area contributed by atoms with Gasteiger partial charge in [-0.3, -0.25) is 0 Å². The highest BCUT2D eigenvalue weighted by Gasteiger charge is 2.11. The Kier molecular flexibility index (Phi) is 2.06. The van der Waals surface area contributed by atoms with Gasteiger partial charge in [-0.05, 0) is 17.5 Å². The second-order valence-corrected chi connectivity index (χ2v) is 5.62. The molecule has 0 atom stereocenters. The molecule has 0 unspecified atom stereocenters. The lowest BCUT2D eigenvalue weighted by Gasteiger charge is -1.81. The van der Waals surface area contributed by atoms with Crippen molar-refractivity contribution in [1.82, 2.24) is 10.1 Å². The van der Waals surface area contributed by atoms with Crippen LogP contribution in [0.25, 0.3) is 20.2 Å². The number of hydrogen-bond donors (Lipinski definition) is 0. The predicted octanol–water partition coefficient (Wildman–Crippen LogP) is 3.62. The van der Waals surface area contributed by atoms with Crippen molar-refractivity contribution in [2.75, 3.05) is 0 Å². The van der Waals surface area contributed by atoms with E-state index >= 15 is 0 Å². The first kappa shape index (κ1) is 8.81. The van der Waals surface area contributed by atoms with E-state index in [1.165, 1.54) is 9.40 Å². The fraction of sp³-hybridized carbons (Fsp3) is 0. The molecule has 3 nitrogen and oxygen atoms in total. The summed E-state index contributed by atoms with van der Waals surface area (Å²) in [6, 6.07) is 4.20. The van der Waals surface area contributed by atoms with Crippen LogP contribution in [0.5, 0.6) is 0 Å². The summed E-state index contributed by atoms with van der Waals surface area (Å²) in [6.45, 7) is 0. The van der Waals surface area contributed by atoms with Crippen LogP contribution in [0.4, 0.5) is 0 Å². The Labute approximate surface area is 101 Å². The van der Waals surface area contributed by atoms with Crippen LogP contribution in [0.2, 0.25) is 0 Å². The van der Waals surface area contributed by atoms with Gasteiger partial charge in [0, 0.05) is 32.0 Å². The smallest absolute Gasteiger partial charge is 0.268 e. The van der Waals surface area contributed by atoms with Crippen LogP contribution in [0, 0.1) is 3.83 Å². The number of halogens is 1. The van der Waals surface area contributed by atoms with Gasteiger partial charge < -0.3 is 4.52 Å². The van der Waals surface area contributed by atoms with Gasteiger partial charge in [0.1, 0.15) is 0 Å². The molecule has 3 rings (SSSR count). The Bertz CT molecular complexity index is 554. The van der Waals surface area contributed by atoms with Crippen molar-refractivity contribution in [2.45, 2.75) is 0 Å². The largest absolute Gasteiger partial charge is 0.332 e. The number of fused-ring (bicyclic) bond motifs is 1. The molecule has 0 radical (unpaired) electrons. The topological polar surface area (TPSA) is 38.9 Å². The number of thiophene rings is 2. The Balaban J connectivity index is 2.18.